The third-order valence-electron chi connectivity index (χ3n) is 4.31. The maximum absolute atomic E-state index is 13.0. The normalized spacial score (nSPS) is 12.8. The van der Waals surface area contributed by atoms with Gasteiger partial charge in [-0.15, -0.1) is 0 Å². The Labute approximate surface area is 156 Å². The van der Waals surface area contributed by atoms with Gasteiger partial charge in [-0.05, 0) is 43.5 Å². The van der Waals surface area contributed by atoms with Crippen LogP contribution in [0.2, 0.25) is 0 Å². The number of carbonyl (C=O) groups excluding carboxylic acids is 1. The summed E-state index contributed by atoms with van der Waals surface area (Å²) in [5.41, 5.74) is 2.51. The maximum Gasteiger partial charge on any atom is 0.243 e. The largest absolute Gasteiger partial charge is 0.348 e. The minimum atomic E-state index is -3.73. The average molecular weight is 375 g/mol. The van der Waals surface area contributed by atoms with E-state index in [1.54, 1.807) is 26.0 Å². The van der Waals surface area contributed by atoms with E-state index < -0.39 is 10.0 Å². The summed E-state index contributed by atoms with van der Waals surface area (Å²) in [5, 5.41) is 2.87. The molecule has 0 fully saturated rings. The van der Waals surface area contributed by atoms with E-state index in [1.807, 2.05) is 50.2 Å². The van der Waals surface area contributed by atoms with E-state index in [0.29, 0.717) is 5.56 Å². The van der Waals surface area contributed by atoms with Gasteiger partial charge in [-0.3, -0.25) is 4.79 Å². The molecule has 1 amide bonds. The molecule has 0 aliphatic carbocycles. The second-order valence-electron chi connectivity index (χ2n) is 6.40. The molecule has 0 saturated heterocycles. The van der Waals surface area contributed by atoms with Crippen LogP contribution < -0.4 is 5.32 Å². The molecule has 0 aliphatic heterocycles. The van der Waals surface area contributed by atoms with Crippen molar-refractivity contribution < 1.29 is 13.2 Å². The summed E-state index contributed by atoms with van der Waals surface area (Å²) in [6, 6.07) is 14.7. The molecule has 140 valence electrons. The topological polar surface area (TPSA) is 66.5 Å². The van der Waals surface area contributed by atoms with Crippen LogP contribution in [-0.4, -0.2) is 31.7 Å². The summed E-state index contributed by atoms with van der Waals surface area (Å²) >= 11 is 0. The quantitative estimate of drug-likeness (QED) is 0.809. The number of hydrogen-bond acceptors (Lipinski definition) is 3. The van der Waals surface area contributed by atoms with Crippen LogP contribution in [0, 0.1) is 13.8 Å². The number of hydrogen-bond donors (Lipinski definition) is 1. The van der Waals surface area contributed by atoms with Gasteiger partial charge in [0.05, 0.1) is 17.5 Å². The second-order valence-corrected chi connectivity index (χ2v) is 8.31. The molecule has 6 heteroatoms. The number of likely N-dealkylation sites (N-methyl/N-ethyl adjacent to an activating group) is 1. The third-order valence-corrected chi connectivity index (χ3v) is 6.37. The first-order valence-electron chi connectivity index (χ1n) is 8.67. The molecule has 26 heavy (non-hydrogen) atoms. The van der Waals surface area contributed by atoms with E-state index in [0.717, 1.165) is 11.1 Å². The highest BCUT2D eigenvalue weighted by Crippen LogP contribution is 2.21. The van der Waals surface area contributed by atoms with Gasteiger partial charge in [-0.1, -0.05) is 49.4 Å². The third kappa shape index (κ3) is 4.71. The summed E-state index contributed by atoms with van der Waals surface area (Å²) in [6.07, 6.45) is 0. The number of aryl methyl sites for hydroxylation is 2. The highest BCUT2D eigenvalue weighted by Gasteiger charge is 2.27. The van der Waals surface area contributed by atoms with Crippen LogP contribution in [0.5, 0.6) is 0 Å². The molecule has 0 spiro atoms. The van der Waals surface area contributed by atoms with Crippen molar-refractivity contribution in [3.05, 3.63) is 65.2 Å². The van der Waals surface area contributed by atoms with Crippen molar-refractivity contribution >= 4 is 15.9 Å². The van der Waals surface area contributed by atoms with E-state index in [9.17, 15) is 13.2 Å². The van der Waals surface area contributed by atoms with Gasteiger partial charge >= 0.3 is 0 Å². The Morgan fingerprint density at radius 3 is 2.38 bits per heavy atom. The first-order valence-corrected chi connectivity index (χ1v) is 10.1. The zero-order valence-electron chi connectivity index (χ0n) is 15.7. The summed E-state index contributed by atoms with van der Waals surface area (Å²) in [6.45, 7) is 7.24. The zero-order valence-corrected chi connectivity index (χ0v) is 16.5. The van der Waals surface area contributed by atoms with Crippen LogP contribution in [0.3, 0.4) is 0 Å². The fourth-order valence-corrected chi connectivity index (χ4v) is 4.48. The Morgan fingerprint density at radius 1 is 1.12 bits per heavy atom. The van der Waals surface area contributed by atoms with E-state index in [2.05, 4.69) is 5.32 Å². The highest BCUT2D eigenvalue weighted by molar-refractivity contribution is 7.89. The van der Waals surface area contributed by atoms with Crippen LogP contribution in [-0.2, 0) is 14.8 Å². The molecule has 2 rings (SSSR count). The van der Waals surface area contributed by atoms with E-state index >= 15 is 0 Å². The lowest BCUT2D eigenvalue weighted by Gasteiger charge is -2.22. The van der Waals surface area contributed by atoms with E-state index in [-0.39, 0.29) is 29.9 Å². The van der Waals surface area contributed by atoms with Gasteiger partial charge < -0.3 is 5.32 Å². The summed E-state index contributed by atoms with van der Waals surface area (Å²) in [4.78, 5) is 12.7. The Kier molecular flexibility index (Phi) is 6.56. The average Bonchev–Trinajstić information content (AvgIpc) is 2.62. The van der Waals surface area contributed by atoms with Crippen molar-refractivity contribution in [2.45, 2.75) is 38.6 Å². The molecule has 5 nitrogen and oxygen atoms in total. The van der Waals surface area contributed by atoms with Crippen LogP contribution >= 0.6 is 0 Å². The number of nitrogens with zero attached hydrogens (tertiary/aromatic N) is 1. The summed E-state index contributed by atoms with van der Waals surface area (Å²) in [5.74, 6) is -0.322. The lowest BCUT2D eigenvalue weighted by Crippen LogP contribution is -2.41. The monoisotopic (exact) mass is 374 g/mol. The number of amides is 1. The minimum Gasteiger partial charge on any atom is -0.348 e. The van der Waals surface area contributed by atoms with Gasteiger partial charge in [0.1, 0.15) is 0 Å². The molecular weight excluding hydrogens is 348 g/mol. The van der Waals surface area contributed by atoms with Gasteiger partial charge in [0, 0.05) is 6.54 Å². The van der Waals surface area contributed by atoms with Crippen molar-refractivity contribution in [1.82, 2.24) is 9.62 Å². The van der Waals surface area contributed by atoms with Crippen LogP contribution in [0.1, 0.15) is 36.6 Å². The van der Waals surface area contributed by atoms with Gasteiger partial charge in [-0.25, -0.2) is 8.42 Å². The molecule has 1 N–H and O–H groups in total. The minimum absolute atomic E-state index is 0.189. The molecule has 1 atom stereocenters. The summed E-state index contributed by atoms with van der Waals surface area (Å²) < 4.78 is 27.2. The second kappa shape index (κ2) is 8.47. The molecule has 0 heterocycles. The molecule has 2 aromatic rings. The summed E-state index contributed by atoms with van der Waals surface area (Å²) in [7, 11) is -3.73. The van der Waals surface area contributed by atoms with Gasteiger partial charge in [0.25, 0.3) is 0 Å². The zero-order chi connectivity index (χ0) is 19.3. The molecule has 0 aromatic heterocycles. The number of benzene rings is 2. The molecule has 2 aromatic carbocycles. The number of sulfonamides is 1. The van der Waals surface area contributed by atoms with Crippen molar-refractivity contribution in [3.63, 3.8) is 0 Å². The molecule has 0 aliphatic rings. The highest BCUT2D eigenvalue weighted by atomic mass is 32.2. The lowest BCUT2D eigenvalue weighted by atomic mass is 10.1. The predicted octanol–water partition coefficient (Wildman–Crippen LogP) is 3.19. The van der Waals surface area contributed by atoms with Crippen LogP contribution in [0.15, 0.2) is 53.4 Å². The standard InChI is InChI=1S/C20H26N2O3S/c1-5-22(26(24,25)19-13-15(2)11-12-16(19)3)14-20(23)21-17(4)18-9-7-6-8-10-18/h6-13,17H,5,14H2,1-4H3,(H,21,23)/t17-/m1/s1. The van der Waals surface area contributed by atoms with Gasteiger partial charge in [0.2, 0.25) is 15.9 Å². The van der Waals surface area contributed by atoms with Crippen molar-refractivity contribution in [1.29, 1.82) is 0 Å². The Balaban J connectivity index is 2.15. The number of carbonyl (C=O) groups is 1. The van der Waals surface area contributed by atoms with E-state index in [1.165, 1.54) is 4.31 Å². The molecule has 0 saturated carbocycles. The van der Waals surface area contributed by atoms with Crippen molar-refractivity contribution in [2.75, 3.05) is 13.1 Å². The molecule has 0 unspecified atom stereocenters. The molecular formula is C20H26N2O3S. The van der Waals surface area contributed by atoms with Crippen LogP contribution in [0.4, 0.5) is 0 Å². The molecule has 0 radical (unpaired) electrons. The Hall–Kier alpha value is -2.18. The van der Waals surface area contributed by atoms with Crippen molar-refractivity contribution in [2.24, 2.45) is 0 Å². The smallest absolute Gasteiger partial charge is 0.243 e. The lowest BCUT2D eigenvalue weighted by molar-refractivity contribution is -0.121. The fourth-order valence-electron chi connectivity index (χ4n) is 2.76. The first kappa shape index (κ1) is 20.1. The number of rotatable bonds is 7. The Bertz CT molecular complexity index is 864. The van der Waals surface area contributed by atoms with Crippen LogP contribution in [0.25, 0.3) is 0 Å². The van der Waals surface area contributed by atoms with Gasteiger partial charge in [-0.2, -0.15) is 4.31 Å². The molecule has 0 bridgehead atoms. The fraction of sp³-hybridized carbons (Fsp3) is 0.350. The SMILES string of the molecule is CCN(CC(=O)N[C@H](C)c1ccccc1)S(=O)(=O)c1cc(C)ccc1C. The first-order chi connectivity index (χ1) is 12.3. The predicted molar refractivity (Wildman–Crippen MR) is 103 cm³/mol. The Morgan fingerprint density at radius 2 is 1.77 bits per heavy atom. The van der Waals surface area contributed by atoms with Crippen molar-refractivity contribution in [3.8, 4) is 0 Å². The van der Waals surface area contributed by atoms with Gasteiger partial charge in [0.15, 0.2) is 0 Å². The van der Waals surface area contributed by atoms with E-state index in [4.69, 9.17) is 0 Å². The maximum atomic E-state index is 13.0. The number of nitrogens with one attached hydrogen (secondary N) is 1.